The number of carbonyl (C=O) groups is 2. The van der Waals surface area contributed by atoms with E-state index in [9.17, 15) is 66.5 Å². The van der Waals surface area contributed by atoms with Crippen molar-refractivity contribution in [3.8, 4) is 0 Å². The number of carboxylic acids is 2. The molecule has 0 bridgehead atoms. The van der Waals surface area contributed by atoms with E-state index in [-0.39, 0.29) is 29.6 Å². The first kappa shape index (κ1) is 34.3. The summed E-state index contributed by atoms with van der Waals surface area (Å²) in [5, 5.41) is 18.2. The normalized spacial score (nSPS) is 20.6. The van der Waals surface area contributed by atoms with Crippen LogP contribution in [0.2, 0.25) is 0 Å². The molecule has 0 aromatic heterocycles. The van der Waals surface area contributed by atoms with Gasteiger partial charge in [0, 0.05) is 6.42 Å². The van der Waals surface area contributed by atoms with Gasteiger partial charge in [0.05, 0.1) is 5.92 Å². The van der Waals surface area contributed by atoms with E-state index in [4.69, 9.17) is 10.2 Å². The van der Waals surface area contributed by atoms with Gasteiger partial charge in [-0.2, -0.15) is 8.42 Å². The van der Waals surface area contributed by atoms with Gasteiger partial charge in [-0.05, 0) is 6.42 Å². The minimum atomic E-state index is -6.48. The van der Waals surface area contributed by atoms with Crippen molar-refractivity contribution in [3.63, 3.8) is 0 Å². The molecular weight excluding hydrogens is 525 g/mol. The topological polar surface area (TPSA) is 129 Å². The number of aliphatic carboxylic acids is 2. The summed E-state index contributed by atoms with van der Waals surface area (Å²) in [5.41, 5.74) is 0. The van der Waals surface area contributed by atoms with Crippen LogP contribution in [0.4, 0.5) is 43.9 Å². The molecule has 0 aliphatic heterocycles. The fraction of sp³-hybridized carbons (Fsp3) is 0.857. The third-order valence-corrected chi connectivity index (χ3v) is 5.97. The average Bonchev–Trinajstić information content (AvgIpc) is 2.65. The molecule has 19 heteroatoms. The van der Waals surface area contributed by atoms with Crippen LogP contribution in [-0.2, 0) is 19.7 Å². The summed E-state index contributed by atoms with van der Waals surface area (Å²) in [4.78, 5) is 22.9. The molecule has 0 amide bonds. The molecule has 192 valence electrons. The molecule has 0 heterocycles. The standard InChI is InChI=1S/C14H16F10O7S.Na.H/c15-4(6(17)8(19)10(21)22)1-3(12(25)26)14(13(27)28,32(29,30)31)2-5(16)7(18)9(20)11(23)24;;/h3-11H,1-2H2,(H,25,26)(H,27,28)(H,29,30,31);;. The molecule has 0 aromatic rings. The first-order valence-electron chi connectivity index (χ1n) is 8.16. The van der Waals surface area contributed by atoms with Crippen molar-refractivity contribution in [2.45, 2.75) is 67.5 Å². The summed E-state index contributed by atoms with van der Waals surface area (Å²) in [5.74, 6) is -9.33. The first-order chi connectivity index (χ1) is 14.3. The Morgan fingerprint density at radius 3 is 1.36 bits per heavy atom. The molecule has 0 aromatic carbocycles. The van der Waals surface area contributed by atoms with Gasteiger partial charge in [0.25, 0.3) is 23.0 Å². The van der Waals surface area contributed by atoms with Gasteiger partial charge in [-0.15, -0.1) is 0 Å². The van der Waals surface area contributed by atoms with Gasteiger partial charge in [-0.1, -0.05) is 0 Å². The molecule has 33 heavy (non-hydrogen) atoms. The summed E-state index contributed by atoms with van der Waals surface area (Å²) in [6, 6.07) is 0. The van der Waals surface area contributed by atoms with E-state index in [2.05, 4.69) is 0 Å². The van der Waals surface area contributed by atoms with E-state index in [0.29, 0.717) is 0 Å². The van der Waals surface area contributed by atoms with Crippen LogP contribution in [0.25, 0.3) is 0 Å². The molecule has 8 atom stereocenters. The summed E-state index contributed by atoms with van der Waals surface area (Å²) in [6.07, 6.45) is -36.6. The van der Waals surface area contributed by atoms with Crippen molar-refractivity contribution < 1.29 is 76.7 Å². The van der Waals surface area contributed by atoms with Gasteiger partial charge in [0.2, 0.25) is 4.75 Å². The molecule has 0 spiro atoms. The number of hydrogen-bond donors (Lipinski definition) is 3. The van der Waals surface area contributed by atoms with Crippen molar-refractivity contribution in [1.29, 1.82) is 0 Å². The van der Waals surface area contributed by atoms with Gasteiger partial charge in [-0.3, -0.25) is 14.1 Å². The molecule has 0 saturated carbocycles. The SMILES string of the molecule is O=C(O)C(CC(F)C(F)C(F)C(F)F)C(CC(F)C(F)C(F)C(F)F)(C(=O)O)S(=O)(=O)O.[NaH]. The van der Waals surface area contributed by atoms with Crippen LogP contribution in [0.1, 0.15) is 12.8 Å². The number of halogens is 10. The summed E-state index contributed by atoms with van der Waals surface area (Å²) >= 11 is 0. The predicted molar refractivity (Wildman–Crippen MR) is 90.8 cm³/mol. The van der Waals surface area contributed by atoms with E-state index in [0.717, 1.165) is 0 Å². The Balaban J connectivity index is 0. The van der Waals surface area contributed by atoms with Crippen molar-refractivity contribution in [3.05, 3.63) is 0 Å². The van der Waals surface area contributed by atoms with Gasteiger partial charge in [-0.25, -0.2) is 43.9 Å². The third kappa shape index (κ3) is 8.10. The number of rotatable bonds is 14. The molecular formula is C14H17F10NaO7S. The molecule has 0 aliphatic carbocycles. The molecule has 0 radical (unpaired) electrons. The zero-order valence-corrected chi connectivity index (χ0v) is 16.1. The second kappa shape index (κ2) is 13.3. The number of carboxylic acid groups (broad SMARTS) is 2. The fourth-order valence-electron chi connectivity index (χ4n) is 2.70. The Hall–Kier alpha value is -0.850. The molecule has 7 nitrogen and oxygen atoms in total. The van der Waals surface area contributed by atoms with E-state index in [1.54, 1.807) is 0 Å². The Morgan fingerprint density at radius 2 is 1.09 bits per heavy atom. The molecule has 0 rings (SSSR count). The van der Waals surface area contributed by atoms with Gasteiger partial charge in [0.1, 0.15) is 12.3 Å². The van der Waals surface area contributed by atoms with Crippen LogP contribution in [0.3, 0.4) is 0 Å². The maximum atomic E-state index is 14.0. The Kier molecular flexibility index (Phi) is 13.8. The minimum absolute atomic E-state index is 0. The monoisotopic (exact) mass is 542 g/mol. The molecule has 3 N–H and O–H groups in total. The second-order valence-electron chi connectivity index (χ2n) is 6.48. The van der Waals surface area contributed by atoms with Crippen LogP contribution in [0.15, 0.2) is 0 Å². The van der Waals surface area contributed by atoms with E-state index >= 15 is 0 Å². The second-order valence-corrected chi connectivity index (χ2v) is 8.16. The average molecular weight is 542 g/mol. The Labute approximate surface area is 201 Å². The number of hydrogen-bond acceptors (Lipinski definition) is 4. The van der Waals surface area contributed by atoms with Gasteiger partial charge in [0.15, 0.2) is 24.7 Å². The Morgan fingerprint density at radius 1 is 0.727 bits per heavy atom. The third-order valence-electron chi connectivity index (χ3n) is 4.42. The van der Waals surface area contributed by atoms with Gasteiger partial charge < -0.3 is 10.2 Å². The first-order valence-corrected chi connectivity index (χ1v) is 9.60. The van der Waals surface area contributed by atoms with Crippen LogP contribution in [-0.4, -0.2) is 119 Å². The predicted octanol–water partition coefficient (Wildman–Crippen LogP) is 2.09. The van der Waals surface area contributed by atoms with Crippen molar-refractivity contribution in [2.24, 2.45) is 5.92 Å². The zero-order chi connectivity index (χ0) is 25.8. The van der Waals surface area contributed by atoms with Gasteiger partial charge >= 0.3 is 41.5 Å². The molecule has 8 unspecified atom stereocenters. The molecule has 0 fully saturated rings. The maximum absolute atomic E-state index is 14.0. The zero-order valence-electron chi connectivity index (χ0n) is 15.3. The Bertz CT molecular complexity index is 761. The molecule has 0 aliphatic rings. The van der Waals surface area contributed by atoms with E-state index < -0.39 is 95.4 Å². The van der Waals surface area contributed by atoms with E-state index in [1.165, 1.54) is 0 Å². The van der Waals surface area contributed by atoms with Crippen LogP contribution in [0, 0.1) is 5.92 Å². The number of alkyl halides is 10. The quantitative estimate of drug-likeness (QED) is 0.174. The summed E-state index contributed by atoms with van der Waals surface area (Å²) in [7, 11) is -6.48. The summed E-state index contributed by atoms with van der Waals surface area (Å²) in [6.45, 7) is 0. The van der Waals surface area contributed by atoms with Crippen LogP contribution < -0.4 is 0 Å². The van der Waals surface area contributed by atoms with Crippen molar-refractivity contribution >= 4 is 51.6 Å². The van der Waals surface area contributed by atoms with Crippen molar-refractivity contribution in [1.82, 2.24) is 0 Å². The van der Waals surface area contributed by atoms with Crippen molar-refractivity contribution in [2.75, 3.05) is 0 Å². The summed E-state index contributed by atoms with van der Waals surface area (Å²) < 4.78 is 158. The van der Waals surface area contributed by atoms with Crippen LogP contribution >= 0.6 is 0 Å². The van der Waals surface area contributed by atoms with Crippen LogP contribution in [0.5, 0.6) is 0 Å². The molecule has 0 saturated heterocycles. The van der Waals surface area contributed by atoms with E-state index in [1.807, 2.05) is 0 Å². The fourth-order valence-corrected chi connectivity index (χ4v) is 3.85.